The molecule has 2 rings (SSSR count). The van der Waals surface area contributed by atoms with Gasteiger partial charge in [0.05, 0.1) is 19.0 Å². The first kappa shape index (κ1) is 10.2. The Balaban J connectivity index is 1.75. The summed E-state index contributed by atoms with van der Waals surface area (Å²) in [7, 11) is 0. The number of morpholine rings is 1. The summed E-state index contributed by atoms with van der Waals surface area (Å²) in [5, 5.41) is 5.95. The molecule has 1 aromatic heterocycles. The van der Waals surface area contributed by atoms with E-state index in [9.17, 15) is 4.79 Å². The molecular formula is C10H14N2O3. The van der Waals surface area contributed by atoms with Crippen molar-refractivity contribution in [3.8, 4) is 0 Å². The number of rotatable bonds is 3. The molecule has 1 aliphatic rings. The molecule has 0 saturated carbocycles. The van der Waals surface area contributed by atoms with Crippen molar-refractivity contribution in [1.82, 2.24) is 10.6 Å². The molecule has 2 heterocycles. The third kappa shape index (κ3) is 2.81. The summed E-state index contributed by atoms with van der Waals surface area (Å²) in [5.74, 6) is 0.132. The van der Waals surface area contributed by atoms with Gasteiger partial charge in [-0.15, -0.1) is 0 Å². The molecule has 1 aromatic rings. The highest BCUT2D eigenvalue weighted by atomic mass is 16.5. The van der Waals surface area contributed by atoms with Crippen molar-refractivity contribution in [3.63, 3.8) is 0 Å². The maximum atomic E-state index is 11.5. The molecule has 0 aliphatic carbocycles. The van der Waals surface area contributed by atoms with Crippen molar-refractivity contribution in [1.29, 1.82) is 0 Å². The number of furan rings is 1. The van der Waals surface area contributed by atoms with Crippen molar-refractivity contribution in [3.05, 3.63) is 24.2 Å². The molecule has 1 saturated heterocycles. The molecule has 1 unspecified atom stereocenters. The highest BCUT2D eigenvalue weighted by Crippen LogP contribution is 2.00. The summed E-state index contributed by atoms with van der Waals surface area (Å²) < 4.78 is 10.4. The maximum absolute atomic E-state index is 11.5. The van der Waals surface area contributed by atoms with E-state index in [0.717, 1.165) is 13.1 Å². The largest absolute Gasteiger partial charge is 0.459 e. The highest BCUT2D eigenvalue weighted by Gasteiger charge is 2.15. The van der Waals surface area contributed by atoms with Gasteiger partial charge in [0, 0.05) is 19.6 Å². The van der Waals surface area contributed by atoms with Gasteiger partial charge in [-0.05, 0) is 12.1 Å². The molecule has 15 heavy (non-hydrogen) atoms. The van der Waals surface area contributed by atoms with Crippen molar-refractivity contribution < 1.29 is 13.9 Å². The lowest BCUT2D eigenvalue weighted by molar-refractivity contribution is 0.0284. The van der Waals surface area contributed by atoms with Crippen LogP contribution in [-0.4, -0.2) is 38.3 Å². The molecule has 5 heteroatoms. The zero-order valence-corrected chi connectivity index (χ0v) is 8.36. The van der Waals surface area contributed by atoms with Crippen LogP contribution in [0, 0.1) is 0 Å². The predicted octanol–water partition coefficient (Wildman–Crippen LogP) is -0.00220. The van der Waals surface area contributed by atoms with E-state index in [4.69, 9.17) is 9.15 Å². The van der Waals surface area contributed by atoms with Gasteiger partial charge in [0.2, 0.25) is 0 Å². The van der Waals surface area contributed by atoms with Crippen LogP contribution < -0.4 is 10.6 Å². The molecular weight excluding hydrogens is 196 g/mol. The fourth-order valence-corrected chi connectivity index (χ4v) is 1.45. The molecule has 1 aliphatic heterocycles. The third-order valence-corrected chi connectivity index (χ3v) is 2.24. The molecule has 0 bridgehead atoms. The van der Waals surface area contributed by atoms with Crippen LogP contribution in [0.5, 0.6) is 0 Å². The third-order valence-electron chi connectivity index (χ3n) is 2.24. The van der Waals surface area contributed by atoms with Crippen LogP contribution in [0.25, 0.3) is 0 Å². The SMILES string of the molecule is O=C(NCC1CNCCO1)c1ccco1. The Morgan fingerprint density at radius 3 is 3.27 bits per heavy atom. The first-order valence-electron chi connectivity index (χ1n) is 5.00. The predicted molar refractivity (Wildman–Crippen MR) is 53.7 cm³/mol. The van der Waals surface area contributed by atoms with E-state index >= 15 is 0 Å². The first-order chi connectivity index (χ1) is 7.36. The van der Waals surface area contributed by atoms with E-state index in [0.29, 0.717) is 18.9 Å². The Bertz CT molecular complexity index is 304. The van der Waals surface area contributed by atoms with Gasteiger partial charge in [-0.1, -0.05) is 0 Å². The molecule has 0 aromatic carbocycles. The lowest BCUT2D eigenvalue weighted by atomic mass is 10.3. The number of carbonyl (C=O) groups is 1. The van der Waals surface area contributed by atoms with Crippen molar-refractivity contribution in [2.75, 3.05) is 26.2 Å². The Kier molecular flexibility index (Phi) is 3.37. The lowest BCUT2D eigenvalue weighted by Crippen LogP contribution is -2.45. The number of carbonyl (C=O) groups excluding carboxylic acids is 1. The molecule has 82 valence electrons. The standard InChI is InChI=1S/C10H14N2O3/c13-10(9-2-1-4-15-9)12-7-8-6-11-3-5-14-8/h1-2,4,8,11H,3,5-7H2,(H,12,13). The van der Waals surface area contributed by atoms with Crippen molar-refractivity contribution in [2.24, 2.45) is 0 Å². The van der Waals surface area contributed by atoms with Gasteiger partial charge in [-0.25, -0.2) is 0 Å². The van der Waals surface area contributed by atoms with Crippen LogP contribution in [0.1, 0.15) is 10.6 Å². The molecule has 5 nitrogen and oxygen atoms in total. The minimum absolute atomic E-state index is 0.0534. The van der Waals surface area contributed by atoms with Gasteiger partial charge in [-0.2, -0.15) is 0 Å². The summed E-state index contributed by atoms with van der Waals surface area (Å²) in [6.07, 6.45) is 1.53. The second-order valence-electron chi connectivity index (χ2n) is 3.38. The minimum Gasteiger partial charge on any atom is -0.459 e. The number of ether oxygens (including phenoxy) is 1. The molecule has 1 atom stereocenters. The van der Waals surface area contributed by atoms with Gasteiger partial charge in [-0.3, -0.25) is 4.79 Å². The quantitative estimate of drug-likeness (QED) is 0.737. The van der Waals surface area contributed by atoms with E-state index in [-0.39, 0.29) is 12.0 Å². The van der Waals surface area contributed by atoms with Crippen LogP contribution in [0.15, 0.2) is 22.8 Å². The summed E-state index contributed by atoms with van der Waals surface area (Å²) >= 11 is 0. The fraction of sp³-hybridized carbons (Fsp3) is 0.500. The summed E-state index contributed by atoms with van der Waals surface area (Å²) in [5.41, 5.74) is 0. The molecule has 0 spiro atoms. The van der Waals surface area contributed by atoms with Crippen LogP contribution in [0.2, 0.25) is 0 Å². The summed E-state index contributed by atoms with van der Waals surface area (Å²) in [6, 6.07) is 3.32. The highest BCUT2D eigenvalue weighted by molar-refractivity contribution is 5.91. The molecule has 0 radical (unpaired) electrons. The average Bonchev–Trinajstić information content (AvgIpc) is 2.81. The number of amides is 1. The van der Waals surface area contributed by atoms with E-state index in [1.807, 2.05) is 0 Å². The topological polar surface area (TPSA) is 63.5 Å². The number of nitrogens with one attached hydrogen (secondary N) is 2. The Labute approximate surface area is 87.8 Å². The average molecular weight is 210 g/mol. The van der Waals surface area contributed by atoms with Gasteiger partial charge in [0.25, 0.3) is 5.91 Å². The lowest BCUT2D eigenvalue weighted by Gasteiger charge is -2.23. The van der Waals surface area contributed by atoms with Crippen LogP contribution >= 0.6 is 0 Å². The Morgan fingerprint density at radius 2 is 2.60 bits per heavy atom. The Morgan fingerprint density at radius 1 is 1.67 bits per heavy atom. The van der Waals surface area contributed by atoms with Crippen LogP contribution in [0.3, 0.4) is 0 Å². The zero-order valence-electron chi connectivity index (χ0n) is 8.36. The van der Waals surface area contributed by atoms with Gasteiger partial charge in [0.1, 0.15) is 0 Å². The summed E-state index contributed by atoms with van der Waals surface area (Å²) in [6.45, 7) is 2.86. The van der Waals surface area contributed by atoms with Gasteiger partial charge in [0.15, 0.2) is 5.76 Å². The maximum Gasteiger partial charge on any atom is 0.287 e. The van der Waals surface area contributed by atoms with E-state index in [1.54, 1.807) is 12.1 Å². The number of hydrogen-bond acceptors (Lipinski definition) is 4. The van der Waals surface area contributed by atoms with Crippen LogP contribution in [0.4, 0.5) is 0 Å². The Hall–Kier alpha value is -1.33. The fourth-order valence-electron chi connectivity index (χ4n) is 1.45. The smallest absolute Gasteiger partial charge is 0.287 e. The first-order valence-corrected chi connectivity index (χ1v) is 5.00. The minimum atomic E-state index is -0.200. The van der Waals surface area contributed by atoms with Gasteiger partial charge >= 0.3 is 0 Å². The van der Waals surface area contributed by atoms with E-state index in [1.165, 1.54) is 6.26 Å². The molecule has 1 amide bonds. The number of hydrogen-bond donors (Lipinski definition) is 2. The van der Waals surface area contributed by atoms with E-state index in [2.05, 4.69) is 10.6 Å². The second-order valence-corrected chi connectivity index (χ2v) is 3.38. The van der Waals surface area contributed by atoms with E-state index < -0.39 is 0 Å². The molecule has 2 N–H and O–H groups in total. The van der Waals surface area contributed by atoms with Crippen molar-refractivity contribution >= 4 is 5.91 Å². The monoisotopic (exact) mass is 210 g/mol. The normalized spacial score (nSPS) is 21.2. The second kappa shape index (κ2) is 4.95. The van der Waals surface area contributed by atoms with Gasteiger partial charge < -0.3 is 19.8 Å². The summed E-state index contributed by atoms with van der Waals surface area (Å²) in [4.78, 5) is 11.5. The van der Waals surface area contributed by atoms with Crippen LogP contribution in [-0.2, 0) is 4.74 Å². The molecule has 1 fully saturated rings. The zero-order chi connectivity index (χ0) is 10.5. The van der Waals surface area contributed by atoms with Crippen molar-refractivity contribution in [2.45, 2.75) is 6.10 Å².